The number of carbonyl (C=O) groups is 2. The molecule has 0 unspecified atom stereocenters. The van der Waals surface area contributed by atoms with Gasteiger partial charge in [0.2, 0.25) is 0 Å². The molecular weight excluding hydrogens is 296 g/mol. The molecule has 7 nitrogen and oxygen atoms in total. The van der Waals surface area contributed by atoms with E-state index in [-0.39, 0.29) is 5.69 Å². The van der Waals surface area contributed by atoms with Gasteiger partial charge in [0.1, 0.15) is 11.4 Å². The van der Waals surface area contributed by atoms with E-state index in [0.29, 0.717) is 37.6 Å². The van der Waals surface area contributed by atoms with Crippen molar-refractivity contribution in [2.24, 2.45) is 0 Å². The Morgan fingerprint density at radius 3 is 2.22 bits per heavy atom. The lowest BCUT2D eigenvalue weighted by Crippen LogP contribution is -2.27. The molecule has 0 atom stereocenters. The number of carboxylic acid groups (broad SMARTS) is 1. The molecule has 2 aromatic heterocycles. The van der Waals surface area contributed by atoms with Crippen LogP contribution < -0.4 is 10.6 Å². The molecule has 0 saturated carbocycles. The van der Waals surface area contributed by atoms with Crippen LogP contribution in [0.2, 0.25) is 0 Å². The van der Waals surface area contributed by atoms with Crippen molar-refractivity contribution in [3.8, 4) is 0 Å². The van der Waals surface area contributed by atoms with Gasteiger partial charge < -0.3 is 15.7 Å². The summed E-state index contributed by atoms with van der Waals surface area (Å²) in [6.07, 6.45) is 0.725. The van der Waals surface area contributed by atoms with E-state index in [9.17, 15) is 9.59 Å². The van der Waals surface area contributed by atoms with Gasteiger partial charge in [-0.3, -0.25) is 4.79 Å². The lowest BCUT2D eigenvalue weighted by molar-refractivity contribution is 0.0690. The third-order valence-corrected chi connectivity index (χ3v) is 3.07. The van der Waals surface area contributed by atoms with Crippen molar-refractivity contribution in [2.45, 2.75) is 13.1 Å². The molecule has 0 aliphatic heterocycles. The van der Waals surface area contributed by atoms with Crippen LogP contribution >= 0.6 is 0 Å². The van der Waals surface area contributed by atoms with E-state index in [1.165, 1.54) is 6.07 Å². The summed E-state index contributed by atoms with van der Waals surface area (Å²) in [6, 6.07) is 10.2. The second kappa shape index (κ2) is 8.72. The third-order valence-electron chi connectivity index (χ3n) is 3.07. The fraction of sp³-hybridized carbons (Fsp3) is 0.250. The molecular formula is C16H18N4O3. The van der Waals surface area contributed by atoms with Crippen LogP contribution in [0.25, 0.3) is 0 Å². The summed E-state index contributed by atoms with van der Waals surface area (Å²) < 4.78 is 0. The van der Waals surface area contributed by atoms with E-state index in [0.717, 1.165) is 12.0 Å². The minimum absolute atomic E-state index is 0.0450. The molecule has 0 aliphatic carbocycles. The summed E-state index contributed by atoms with van der Waals surface area (Å²) >= 11 is 0. The van der Waals surface area contributed by atoms with Gasteiger partial charge >= 0.3 is 5.97 Å². The smallest absolute Gasteiger partial charge is 0.354 e. The highest BCUT2D eigenvalue weighted by atomic mass is 16.4. The highest BCUT2D eigenvalue weighted by Gasteiger charge is 2.04. The first-order valence-corrected chi connectivity index (χ1v) is 7.21. The van der Waals surface area contributed by atoms with Gasteiger partial charge in [0.05, 0.1) is 11.4 Å². The lowest BCUT2D eigenvalue weighted by Gasteiger charge is -2.07. The van der Waals surface area contributed by atoms with E-state index in [2.05, 4.69) is 20.6 Å². The van der Waals surface area contributed by atoms with Crippen LogP contribution in [0.3, 0.4) is 0 Å². The predicted molar refractivity (Wildman–Crippen MR) is 84.2 cm³/mol. The number of pyridine rings is 2. The van der Waals surface area contributed by atoms with Gasteiger partial charge in [-0.1, -0.05) is 12.1 Å². The van der Waals surface area contributed by atoms with Gasteiger partial charge in [-0.05, 0) is 24.3 Å². The lowest BCUT2D eigenvalue weighted by atomic mass is 10.3. The van der Waals surface area contributed by atoms with Gasteiger partial charge in [0, 0.05) is 26.2 Å². The predicted octanol–water partition coefficient (Wildman–Crippen LogP) is 0.867. The average molecular weight is 314 g/mol. The first-order chi connectivity index (χ1) is 11.2. The number of nitrogens with zero attached hydrogens (tertiary/aromatic N) is 2. The van der Waals surface area contributed by atoms with Gasteiger partial charge in [0.15, 0.2) is 6.29 Å². The quantitative estimate of drug-likeness (QED) is 0.466. The van der Waals surface area contributed by atoms with Crippen molar-refractivity contribution in [1.82, 2.24) is 20.6 Å². The summed E-state index contributed by atoms with van der Waals surface area (Å²) in [7, 11) is 0. The first kappa shape index (κ1) is 16.7. The molecule has 3 N–H and O–H groups in total. The zero-order valence-electron chi connectivity index (χ0n) is 12.5. The summed E-state index contributed by atoms with van der Waals surface area (Å²) in [5.41, 5.74) is 1.96. The summed E-state index contributed by atoms with van der Waals surface area (Å²) in [5.74, 6) is -1.03. The Labute approximate surface area is 133 Å². The molecule has 120 valence electrons. The van der Waals surface area contributed by atoms with Gasteiger partial charge in [0.25, 0.3) is 0 Å². The topological polar surface area (TPSA) is 104 Å². The molecule has 0 saturated heterocycles. The first-order valence-electron chi connectivity index (χ1n) is 7.21. The summed E-state index contributed by atoms with van der Waals surface area (Å²) in [4.78, 5) is 29.7. The molecule has 0 spiro atoms. The number of hydrogen-bond donors (Lipinski definition) is 3. The summed E-state index contributed by atoms with van der Waals surface area (Å²) in [5, 5.41) is 15.3. The fourth-order valence-corrected chi connectivity index (χ4v) is 1.97. The number of nitrogens with one attached hydrogen (secondary N) is 2. The zero-order valence-corrected chi connectivity index (χ0v) is 12.5. The highest BCUT2D eigenvalue weighted by molar-refractivity contribution is 5.85. The van der Waals surface area contributed by atoms with E-state index in [1.54, 1.807) is 24.3 Å². The molecule has 0 aliphatic rings. The number of aromatic nitrogens is 2. The Morgan fingerprint density at radius 2 is 1.61 bits per heavy atom. The average Bonchev–Trinajstić information content (AvgIpc) is 2.58. The molecule has 0 radical (unpaired) electrons. The van der Waals surface area contributed by atoms with Crippen LogP contribution in [0.15, 0.2) is 36.4 Å². The molecule has 2 rings (SSSR count). The molecule has 0 bridgehead atoms. The van der Waals surface area contributed by atoms with Crippen molar-refractivity contribution in [2.75, 3.05) is 13.1 Å². The maximum Gasteiger partial charge on any atom is 0.354 e. The molecule has 23 heavy (non-hydrogen) atoms. The number of rotatable bonds is 9. The van der Waals surface area contributed by atoms with Gasteiger partial charge in [-0.25, -0.2) is 14.8 Å². The normalized spacial score (nSPS) is 10.4. The van der Waals surface area contributed by atoms with Crippen molar-refractivity contribution in [3.63, 3.8) is 0 Å². The molecule has 2 heterocycles. The van der Waals surface area contributed by atoms with Crippen molar-refractivity contribution in [1.29, 1.82) is 0 Å². The largest absolute Gasteiger partial charge is 0.477 e. The van der Waals surface area contributed by atoms with Crippen LogP contribution in [-0.4, -0.2) is 40.4 Å². The number of carboxylic acids is 1. The molecule has 0 amide bonds. The monoisotopic (exact) mass is 314 g/mol. The third kappa shape index (κ3) is 5.57. The van der Waals surface area contributed by atoms with E-state index in [1.807, 2.05) is 6.07 Å². The second-order valence-corrected chi connectivity index (χ2v) is 4.84. The van der Waals surface area contributed by atoms with Crippen LogP contribution in [0.4, 0.5) is 0 Å². The van der Waals surface area contributed by atoms with Crippen molar-refractivity contribution >= 4 is 12.3 Å². The molecule has 2 aromatic rings. The highest BCUT2D eigenvalue weighted by Crippen LogP contribution is 1.99. The van der Waals surface area contributed by atoms with E-state index in [4.69, 9.17) is 5.11 Å². The number of hydrogen-bond acceptors (Lipinski definition) is 6. The van der Waals surface area contributed by atoms with Gasteiger partial charge in [-0.2, -0.15) is 0 Å². The second-order valence-electron chi connectivity index (χ2n) is 4.84. The van der Waals surface area contributed by atoms with Crippen LogP contribution in [0, 0.1) is 0 Å². The van der Waals surface area contributed by atoms with Crippen molar-refractivity contribution < 1.29 is 14.7 Å². The Kier molecular flexibility index (Phi) is 6.34. The zero-order chi connectivity index (χ0) is 16.5. The van der Waals surface area contributed by atoms with E-state index >= 15 is 0 Å². The minimum atomic E-state index is -1.03. The fourth-order valence-electron chi connectivity index (χ4n) is 1.97. The standard InChI is InChI=1S/C16H18N4O3/c21-11-14-5-1-3-12(19-14)9-17-7-8-18-10-13-4-2-6-15(20-13)16(22)23/h1-6,11,17-18H,7-10H2,(H,22,23). The number of aromatic carboxylic acids is 1. The van der Waals surface area contributed by atoms with Crippen LogP contribution in [-0.2, 0) is 13.1 Å². The molecule has 7 heteroatoms. The maximum absolute atomic E-state index is 10.8. The van der Waals surface area contributed by atoms with Gasteiger partial charge in [-0.15, -0.1) is 0 Å². The SMILES string of the molecule is O=Cc1cccc(CNCCNCc2cccc(C(=O)O)n2)n1. The number of aldehydes is 1. The Balaban J connectivity index is 1.67. The van der Waals surface area contributed by atoms with Crippen LogP contribution in [0.1, 0.15) is 32.4 Å². The Morgan fingerprint density at radius 1 is 1.00 bits per heavy atom. The number of carbonyl (C=O) groups excluding carboxylic acids is 1. The maximum atomic E-state index is 10.8. The van der Waals surface area contributed by atoms with E-state index < -0.39 is 5.97 Å². The Bertz CT molecular complexity index is 676. The molecule has 0 fully saturated rings. The minimum Gasteiger partial charge on any atom is -0.477 e. The Hall–Kier alpha value is -2.64. The van der Waals surface area contributed by atoms with Crippen LogP contribution in [0.5, 0.6) is 0 Å². The molecule has 0 aromatic carbocycles. The summed E-state index contributed by atoms with van der Waals surface area (Å²) in [6.45, 7) is 2.50. The van der Waals surface area contributed by atoms with Crippen molar-refractivity contribution in [3.05, 3.63) is 59.2 Å².